The fraction of sp³-hybridized carbons (Fsp3) is 0.440. The number of non-ortho nitro benzene ring substituents is 1. The van der Waals surface area contributed by atoms with E-state index in [4.69, 9.17) is 4.74 Å². The first-order valence-electron chi connectivity index (χ1n) is 11.6. The van der Waals surface area contributed by atoms with Gasteiger partial charge in [0.1, 0.15) is 18.3 Å². The largest absolute Gasteiger partial charge is 0.497 e. The SMILES string of the molecule is CC[C@@H](C(=O)NC(C)(C)C)N(Cc1cccc(OC)c1)C(=O)CN(c1cccc([N+](=O)[O-])c1)S(C)(=O)=O. The Hall–Kier alpha value is -3.67. The van der Waals surface area contributed by atoms with Crippen molar-refractivity contribution in [2.45, 2.75) is 52.2 Å². The fourth-order valence-electron chi connectivity index (χ4n) is 3.72. The van der Waals surface area contributed by atoms with Crippen molar-refractivity contribution in [2.75, 3.05) is 24.2 Å². The lowest BCUT2D eigenvalue weighted by molar-refractivity contribution is -0.384. The number of carbonyl (C=O) groups is 2. The molecule has 1 N–H and O–H groups in total. The van der Waals surface area contributed by atoms with Gasteiger partial charge in [0.15, 0.2) is 0 Å². The van der Waals surface area contributed by atoms with E-state index in [9.17, 15) is 28.1 Å². The van der Waals surface area contributed by atoms with Crippen LogP contribution in [0.5, 0.6) is 5.75 Å². The summed E-state index contributed by atoms with van der Waals surface area (Å²) in [5, 5.41) is 14.1. The molecule has 0 bridgehead atoms. The van der Waals surface area contributed by atoms with E-state index in [2.05, 4.69) is 5.32 Å². The van der Waals surface area contributed by atoms with Crippen LogP contribution in [0.15, 0.2) is 48.5 Å². The number of benzene rings is 2. The van der Waals surface area contributed by atoms with E-state index in [1.54, 1.807) is 31.2 Å². The highest BCUT2D eigenvalue weighted by Crippen LogP contribution is 2.24. The monoisotopic (exact) mass is 534 g/mol. The Morgan fingerprint density at radius 1 is 1.14 bits per heavy atom. The molecule has 0 radical (unpaired) electrons. The van der Waals surface area contributed by atoms with Gasteiger partial charge < -0.3 is 15.0 Å². The van der Waals surface area contributed by atoms with Crippen molar-refractivity contribution in [1.82, 2.24) is 10.2 Å². The summed E-state index contributed by atoms with van der Waals surface area (Å²) in [6.07, 6.45) is 1.18. The maximum atomic E-state index is 13.7. The molecule has 0 aromatic heterocycles. The van der Waals surface area contributed by atoms with Gasteiger partial charge in [-0.1, -0.05) is 25.1 Å². The van der Waals surface area contributed by atoms with Gasteiger partial charge >= 0.3 is 0 Å². The van der Waals surface area contributed by atoms with Crippen LogP contribution in [0.1, 0.15) is 39.7 Å². The summed E-state index contributed by atoms with van der Waals surface area (Å²) in [4.78, 5) is 38.8. The van der Waals surface area contributed by atoms with Gasteiger partial charge in [-0.3, -0.25) is 24.0 Å². The van der Waals surface area contributed by atoms with Crippen LogP contribution < -0.4 is 14.4 Å². The maximum Gasteiger partial charge on any atom is 0.271 e. The topological polar surface area (TPSA) is 139 Å². The first-order chi connectivity index (χ1) is 17.2. The second kappa shape index (κ2) is 12.0. The molecule has 37 heavy (non-hydrogen) atoms. The van der Waals surface area contributed by atoms with Gasteiger partial charge in [0.2, 0.25) is 21.8 Å². The number of ether oxygens (including phenoxy) is 1. The third-order valence-electron chi connectivity index (χ3n) is 5.38. The van der Waals surface area contributed by atoms with Gasteiger partial charge in [-0.25, -0.2) is 8.42 Å². The van der Waals surface area contributed by atoms with Crippen molar-refractivity contribution in [2.24, 2.45) is 0 Å². The van der Waals surface area contributed by atoms with Crippen molar-refractivity contribution in [3.05, 3.63) is 64.2 Å². The number of nitro benzene ring substituents is 1. The van der Waals surface area contributed by atoms with Crippen LogP contribution in [0.25, 0.3) is 0 Å². The molecule has 202 valence electrons. The van der Waals surface area contributed by atoms with Crippen LogP contribution in [0.3, 0.4) is 0 Å². The molecule has 2 amide bonds. The minimum atomic E-state index is -4.01. The molecule has 1 atom stereocenters. The van der Waals surface area contributed by atoms with Crippen molar-refractivity contribution < 1.29 is 27.7 Å². The Labute approximate surface area is 217 Å². The number of amides is 2. The van der Waals surface area contributed by atoms with Gasteiger partial charge in [0.25, 0.3) is 5.69 Å². The predicted molar refractivity (Wildman–Crippen MR) is 141 cm³/mol. The summed E-state index contributed by atoms with van der Waals surface area (Å²) in [5.41, 5.74) is -0.228. The lowest BCUT2D eigenvalue weighted by Gasteiger charge is -2.34. The molecule has 2 aromatic rings. The summed E-state index contributed by atoms with van der Waals surface area (Å²) < 4.78 is 31.4. The van der Waals surface area contributed by atoms with Gasteiger partial charge in [0.05, 0.1) is 24.0 Å². The molecule has 0 unspecified atom stereocenters. The zero-order valence-electron chi connectivity index (χ0n) is 21.9. The van der Waals surface area contributed by atoms with Crippen LogP contribution in [0.2, 0.25) is 0 Å². The molecular formula is C25H34N4O7S. The first-order valence-corrected chi connectivity index (χ1v) is 13.5. The minimum absolute atomic E-state index is 0.0125. The zero-order valence-corrected chi connectivity index (χ0v) is 22.7. The van der Waals surface area contributed by atoms with Gasteiger partial charge in [-0.05, 0) is 51.0 Å². The average Bonchev–Trinajstić information content (AvgIpc) is 2.80. The second-order valence-corrected chi connectivity index (χ2v) is 11.5. The van der Waals surface area contributed by atoms with Crippen molar-refractivity contribution in [1.29, 1.82) is 0 Å². The summed E-state index contributed by atoms with van der Waals surface area (Å²) >= 11 is 0. The number of sulfonamides is 1. The summed E-state index contributed by atoms with van der Waals surface area (Å²) in [6, 6.07) is 11.1. The highest BCUT2D eigenvalue weighted by Gasteiger charge is 2.33. The van der Waals surface area contributed by atoms with Crippen LogP contribution in [0.4, 0.5) is 11.4 Å². The Morgan fingerprint density at radius 3 is 2.32 bits per heavy atom. The van der Waals surface area contributed by atoms with Crippen molar-refractivity contribution in [3.63, 3.8) is 0 Å². The van der Waals surface area contributed by atoms with Gasteiger partial charge in [0, 0.05) is 24.2 Å². The molecule has 0 saturated carbocycles. The molecule has 2 aromatic carbocycles. The Bertz CT molecular complexity index is 1240. The maximum absolute atomic E-state index is 13.7. The van der Waals surface area contributed by atoms with E-state index in [1.807, 2.05) is 20.8 Å². The number of hydrogen-bond donors (Lipinski definition) is 1. The number of methoxy groups -OCH3 is 1. The molecular weight excluding hydrogens is 500 g/mol. The van der Waals surface area contributed by atoms with Gasteiger partial charge in [-0.15, -0.1) is 0 Å². The van der Waals surface area contributed by atoms with E-state index in [0.29, 0.717) is 11.3 Å². The first kappa shape index (κ1) is 29.6. The van der Waals surface area contributed by atoms with Crippen molar-refractivity contribution in [3.8, 4) is 5.75 Å². The smallest absolute Gasteiger partial charge is 0.271 e. The number of nitro groups is 1. The second-order valence-electron chi connectivity index (χ2n) is 9.58. The highest BCUT2D eigenvalue weighted by atomic mass is 32.2. The minimum Gasteiger partial charge on any atom is -0.497 e. The number of hydrogen-bond acceptors (Lipinski definition) is 7. The lowest BCUT2D eigenvalue weighted by Crippen LogP contribution is -2.55. The fourth-order valence-corrected chi connectivity index (χ4v) is 4.56. The molecule has 11 nitrogen and oxygen atoms in total. The standard InChI is InChI=1S/C25H34N4O7S/c1-7-22(24(31)26-25(2,3)4)27(16-18-10-8-13-21(14-18)36-5)23(30)17-28(37(6,34)35)19-11-9-12-20(15-19)29(32)33/h8-15,22H,7,16-17H2,1-6H3,(H,26,31)/t22-/m0/s1. The average molecular weight is 535 g/mol. The number of nitrogens with zero attached hydrogens (tertiary/aromatic N) is 3. The summed E-state index contributed by atoms with van der Waals surface area (Å²) in [5.74, 6) is -0.463. The molecule has 12 heteroatoms. The molecule has 0 aliphatic rings. The molecule has 0 aliphatic carbocycles. The van der Waals surface area contributed by atoms with E-state index >= 15 is 0 Å². The normalized spacial score (nSPS) is 12.4. The third kappa shape index (κ3) is 8.45. The lowest BCUT2D eigenvalue weighted by atomic mass is 10.1. The Kier molecular flexibility index (Phi) is 9.62. The van der Waals surface area contributed by atoms with E-state index < -0.39 is 39.0 Å². The number of rotatable bonds is 11. The van der Waals surface area contributed by atoms with Crippen LogP contribution in [0, 0.1) is 10.1 Å². The van der Waals surface area contributed by atoms with Crippen LogP contribution in [-0.4, -0.2) is 61.5 Å². The zero-order chi connectivity index (χ0) is 28.0. The van der Waals surface area contributed by atoms with Crippen molar-refractivity contribution >= 4 is 33.2 Å². The number of carbonyl (C=O) groups excluding carboxylic acids is 2. The molecule has 0 heterocycles. The molecule has 0 fully saturated rings. The number of anilines is 1. The Balaban J connectivity index is 2.51. The quantitative estimate of drug-likeness (QED) is 0.345. The third-order valence-corrected chi connectivity index (χ3v) is 6.52. The van der Waals surface area contributed by atoms with Gasteiger partial charge in [-0.2, -0.15) is 0 Å². The van der Waals surface area contributed by atoms with E-state index in [-0.39, 0.29) is 30.2 Å². The molecule has 0 saturated heterocycles. The summed E-state index contributed by atoms with van der Waals surface area (Å²) in [7, 11) is -2.50. The highest BCUT2D eigenvalue weighted by molar-refractivity contribution is 7.92. The Morgan fingerprint density at radius 2 is 1.78 bits per heavy atom. The number of nitrogens with one attached hydrogen (secondary N) is 1. The molecule has 0 spiro atoms. The molecule has 2 rings (SSSR count). The van der Waals surface area contributed by atoms with E-state index in [1.165, 1.54) is 30.2 Å². The summed E-state index contributed by atoms with van der Waals surface area (Å²) in [6.45, 7) is 6.58. The predicted octanol–water partition coefficient (Wildman–Crippen LogP) is 3.09. The van der Waals surface area contributed by atoms with Crippen LogP contribution >= 0.6 is 0 Å². The molecule has 0 aliphatic heterocycles. The van der Waals surface area contributed by atoms with Crippen LogP contribution in [-0.2, 0) is 26.2 Å². The van der Waals surface area contributed by atoms with E-state index in [0.717, 1.165) is 16.6 Å².